The Kier molecular flexibility index (Phi) is 7.59. The molecule has 0 saturated carbocycles. The second kappa shape index (κ2) is 7.80. The Balaban J connectivity index is 3.08. The lowest BCUT2D eigenvalue weighted by atomic mass is 10.1. The van der Waals surface area contributed by atoms with E-state index in [2.05, 4.69) is 13.5 Å². The molecular formula is C10H20O. The van der Waals surface area contributed by atoms with Gasteiger partial charge in [-0.05, 0) is 32.1 Å². The normalized spacial score (nSPS) is 12.9. The fourth-order valence-electron chi connectivity index (χ4n) is 1.01. The van der Waals surface area contributed by atoms with Crippen molar-refractivity contribution >= 4 is 0 Å². The van der Waals surface area contributed by atoms with E-state index in [0.717, 1.165) is 19.6 Å². The summed E-state index contributed by atoms with van der Waals surface area (Å²) in [5, 5.41) is 0. The van der Waals surface area contributed by atoms with Crippen molar-refractivity contribution in [2.45, 2.75) is 33.1 Å². The molecule has 1 unspecified atom stereocenters. The fourth-order valence-corrected chi connectivity index (χ4v) is 1.01. The monoisotopic (exact) mass is 156 g/mol. The number of allylic oxidation sites excluding steroid dienone is 1. The van der Waals surface area contributed by atoms with Gasteiger partial charge in [0.2, 0.25) is 0 Å². The van der Waals surface area contributed by atoms with Gasteiger partial charge in [0.15, 0.2) is 0 Å². The van der Waals surface area contributed by atoms with E-state index in [1.807, 2.05) is 13.0 Å². The van der Waals surface area contributed by atoms with Gasteiger partial charge < -0.3 is 4.74 Å². The highest BCUT2D eigenvalue weighted by molar-refractivity contribution is 4.66. The molecule has 1 heteroatoms. The molecule has 0 spiro atoms. The third-order valence-electron chi connectivity index (χ3n) is 1.71. The fraction of sp³-hybridized carbons (Fsp3) is 0.800. The maximum absolute atomic E-state index is 5.30. The van der Waals surface area contributed by atoms with Crippen LogP contribution in [0.25, 0.3) is 0 Å². The molecule has 0 aromatic rings. The maximum atomic E-state index is 5.30. The van der Waals surface area contributed by atoms with Crippen LogP contribution >= 0.6 is 0 Å². The van der Waals surface area contributed by atoms with Crippen LogP contribution < -0.4 is 0 Å². The molecule has 0 aromatic heterocycles. The summed E-state index contributed by atoms with van der Waals surface area (Å²) >= 11 is 0. The summed E-state index contributed by atoms with van der Waals surface area (Å²) in [7, 11) is 0. The first-order valence-electron chi connectivity index (χ1n) is 4.49. The van der Waals surface area contributed by atoms with Crippen molar-refractivity contribution in [2.24, 2.45) is 5.92 Å². The molecule has 0 aromatic carbocycles. The zero-order valence-corrected chi connectivity index (χ0v) is 7.81. The Morgan fingerprint density at radius 2 is 2.27 bits per heavy atom. The van der Waals surface area contributed by atoms with Crippen LogP contribution in [0.3, 0.4) is 0 Å². The first kappa shape index (κ1) is 10.7. The van der Waals surface area contributed by atoms with Gasteiger partial charge in [0, 0.05) is 13.2 Å². The average molecular weight is 156 g/mol. The number of unbranched alkanes of at least 4 members (excludes halogenated alkanes) is 1. The third kappa shape index (κ3) is 7.60. The molecule has 0 radical (unpaired) electrons. The van der Waals surface area contributed by atoms with Crippen molar-refractivity contribution in [1.29, 1.82) is 0 Å². The van der Waals surface area contributed by atoms with Gasteiger partial charge >= 0.3 is 0 Å². The summed E-state index contributed by atoms with van der Waals surface area (Å²) in [5.41, 5.74) is 0. The third-order valence-corrected chi connectivity index (χ3v) is 1.71. The standard InChI is InChI=1S/C10H20O/c1-4-6-7-8-10(3)9-11-5-2/h4,10H,1,5-9H2,2-3H3. The Bertz CT molecular complexity index is 88.9. The van der Waals surface area contributed by atoms with Gasteiger partial charge in [-0.25, -0.2) is 0 Å². The largest absolute Gasteiger partial charge is 0.381 e. The zero-order valence-electron chi connectivity index (χ0n) is 7.81. The van der Waals surface area contributed by atoms with E-state index < -0.39 is 0 Å². The molecule has 66 valence electrons. The van der Waals surface area contributed by atoms with E-state index in [1.165, 1.54) is 12.8 Å². The molecule has 0 rings (SSSR count). The average Bonchev–Trinajstić information content (AvgIpc) is 2.01. The lowest BCUT2D eigenvalue weighted by Crippen LogP contribution is -2.05. The molecule has 11 heavy (non-hydrogen) atoms. The quantitative estimate of drug-likeness (QED) is 0.406. The van der Waals surface area contributed by atoms with Gasteiger partial charge in [-0.2, -0.15) is 0 Å². The molecule has 0 aliphatic rings. The zero-order chi connectivity index (χ0) is 8.53. The molecule has 1 nitrogen and oxygen atoms in total. The second-order valence-corrected chi connectivity index (χ2v) is 2.98. The summed E-state index contributed by atoms with van der Waals surface area (Å²) in [6.45, 7) is 9.71. The lowest BCUT2D eigenvalue weighted by molar-refractivity contribution is 0.112. The number of rotatable bonds is 7. The van der Waals surface area contributed by atoms with Crippen LogP contribution in [0.5, 0.6) is 0 Å². The second-order valence-electron chi connectivity index (χ2n) is 2.98. The highest BCUT2D eigenvalue weighted by Gasteiger charge is 1.99. The van der Waals surface area contributed by atoms with E-state index in [-0.39, 0.29) is 0 Å². The Labute approximate surface area is 70.4 Å². The first-order valence-corrected chi connectivity index (χ1v) is 4.49. The molecule has 0 bridgehead atoms. The van der Waals surface area contributed by atoms with Gasteiger partial charge in [-0.1, -0.05) is 13.0 Å². The highest BCUT2D eigenvalue weighted by Crippen LogP contribution is 2.07. The van der Waals surface area contributed by atoms with Crippen LogP contribution in [0.1, 0.15) is 33.1 Å². The van der Waals surface area contributed by atoms with Gasteiger partial charge in [0.25, 0.3) is 0 Å². The minimum atomic E-state index is 0.704. The molecule has 0 saturated heterocycles. The minimum absolute atomic E-state index is 0.704. The van der Waals surface area contributed by atoms with Crippen molar-refractivity contribution in [3.05, 3.63) is 12.7 Å². The first-order chi connectivity index (χ1) is 5.31. The molecule has 0 fully saturated rings. The summed E-state index contributed by atoms with van der Waals surface area (Å²) in [6, 6.07) is 0. The lowest BCUT2D eigenvalue weighted by Gasteiger charge is -2.09. The van der Waals surface area contributed by atoms with Crippen LogP contribution in [0, 0.1) is 5.92 Å². The number of ether oxygens (including phenoxy) is 1. The number of hydrogen-bond donors (Lipinski definition) is 0. The molecular weight excluding hydrogens is 136 g/mol. The van der Waals surface area contributed by atoms with Crippen molar-refractivity contribution < 1.29 is 4.74 Å². The topological polar surface area (TPSA) is 9.23 Å². The molecule has 0 N–H and O–H groups in total. The van der Waals surface area contributed by atoms with E-state index in [9.17, 15) is 0 Å². The minimum Gasteiger partial charge on any atom is -0.381 e. The Hall–Kier alpha value is -0.300. The smallest absolute Gasteiger partial charge is 0.0491 e. The molecule has 0 aliphatic carbocycles. The maximum Gasteiger partial charge on any atom is 0.0491 e. The van der Waals surface area contributed by atoms with Gasteiger partial charge in [0.1, 0.15) is 0 Å². The van der Waals surface area contributed by atoms with Crippen LogP contribution in [0.15, 0.2) is 12.7 Å². The summed E-state index contributed by atoms with van der Waals surface area (Å²) in [6.07, 6.45) is 5.62. The predicted molar refractivity (Wildman–Crippen MR) is 49.7 cm³/mol. The molecule has 0 aliphatic heterocycles. The molecule has 0 amide bonds. The molecule has 0 heterocycles. The Morgan fingerprint density at radius 1 is 1.55 bits per heavy atom. The van der Waals surface area contributed by atoms with Crippen molar-refractivity contribution in [2.75, 3.05) is 13.2 Å². The van der Waals surface area contributed by atoms with Gasteiger partial charge in [-0.15, -0.1) is 6.58 Å². The summed E-state index contributed by atoms with van der Waals surface area (Å²) < 4.78 is 5.30. The van der Waals surface area contributed by atoms with Crippen LogP contribution in [0.2, 0.25) is 0 Å². The van der Waals surface area contributed by atoms with Gasteiger partial charge in [0.05, 0.1) is 0 Å². The predicted octanol–water partition coefficient (Wildman–Crippen LogP) is 3.02. The van der Waals surface area contributed by atoms with E-state index in [0.29, 0.717) is 5.92 Å². The van der Waals surface area contributed by atoms with Crippen molar-refractivity contribution in [3.8, 4) is 0 Å². The SMILES string of the molecule is C=CCCCC(C)COCC. The van der Waals surface area contributed by atoms with E-state index in [1.54, 1.807) is 0 Å². The Morgan fingerprint density at radius 3 is 2.82 bits per heavy atom. The van der Waals surface area contributed by atoms with Crippen molar-refractivity contribution in [1.82, 2.24) is 0 Å². The highest BCUT2D eigenvalue weighted by atomic mass is 16.5. The van der Waals surface area contributed by atoms with Crippen LogP contribution in [-0.4, -0.2) is 13.2 Å². The number of hydrogen-bond acceptors (Lipinski definition) is 1. The van der Waals surface area contributed by atoms with Crippen LogP contribution in [-0.2, 0) is 4.74 Å². The van der Waals surface area contributed by atoms with Crippen molar-refractivity contribution in [3.63, 3.8) is 0 Å². The summed E-state index contributed by atoms with van der Waals surface area (Å²) in [4.78, 5) is 0. The van der Waals surface area contributed by atoms with E-state index >= 15 is 0 Å². The van der Waals surface area contributed by atoms with Gasteiger partial charge in [-0.3, -0.25) is 0 Å². The summed E-state index contributed by atoms with van der Waals surface area (Å²) in [5.74, 6) is 0.704. The molecule has 1 atom stereocenters. The van der Waals surface area contributed by atoms with E-state index in [4.69, 9.17) is 4.74 Å². The van der Waals surface area contributed by atoms with Crippen LogP contribution in [0.4, 0.5) is 0 Å².